The van der Waals surface area contributed by atoms with Crippen molar-refractivity contribution in [2.45, 2.75) is 44.9 Å². The van der Waals surface area contributed by atoms with Gasteiger partial charge in [-0.1, -0.05) is 0 Å². The second-order valence-electron chi connectivity index (χ2n) is 4.92. The van der Waals surface area contributed by atoms with Crippen LogP contribution in [0.4, 0.5) is 13.2 Å². The summed E-state index contributed by atoms with van der Waals surface area (Å²) in [5.74, 6) is -0.271. The normalized spacial score (nSPS) is 18.6. The van der Waals surface area contributed by atoms with Crippen molar-refractivity contribution in [3.63, 3.8) is 0 Å². The van der Waals surface area contributed by atoms with Gasteiger partial charge in [0.1, 0.15) is 11.9 Å². The van der Waals surface area contributed by atoms with Gasteiger partial charge in [-0.2, -0.15) is 13.2 Å². The number of nitrogens with zero attached hydrogens (tertiary/aromatic N) is 1. The quantitative estimate of drug-likeness (QED) is 0.634. The summed E-state index contributed by atoms with van der Waals surface area (Å²) in [7, 11) is 0. The molecule has 21 heavy (non-hydrogen) atoms. The van der Waals surface area contributed by atoms with Gasteiger partial charge in [-0.05, 0) is 31.7 Å². The van der Waals surface area contributed by atoms with Crippen molar-refractivity contribution in [1.29, 1.82) is 0 Å². The van der Waals surface area contributed by atoms with Crippen molar-refractivity contribution >= 4 is 5.97 Å². The van der Waals surface area contributed by atoms with Gasteiger partial charge in [0.05, 0.1) is 5.69 Å². The third kappa shape index (κ3) is 4.34. The van der Waals surface area contributed by atoms with Crippen molar-refractivity contribution in [3.05, 3.63) is 23.5 Å². The topological polar surface area (TPSA) is 48.4 Å². The fraction of sp³-hybridized carbons (Fsp3) is 0.571. The summed E-state index contributed by atoms with van der Waals surface area (Å²) in [6.45, 7) is -0.0454. The van der Waals surface area contributed by atoms with Crippen LogP contribution in [0.15, 0.2) is 12.3 Å². The van der Waals surface area contributed by atoms with Gasteiger partial charge in [0.15, 0.2) is 6.61 Å². The summed E-state index contributed by atoms with van der Waals surface area (Å²) < 4.78 is 47.0. The number of alkyl halides is 3. The van der Waals surface area contributed by atoms with E-state index in [-0.39, 0.29) is 5.75 Å². The molecule has 4 nitrogen and oxygen atoms in total. The van der Waals surface area contributed by atoms with E-state index < -0.39 is 24.9 Å². The van der Waals surface area contributed by atoms with E-state index in [1.165, 1.54) is 19.2 Å². The van der Waals surface area contributed by atoms with Crippen molar-refractivity contribution in [3.8, 4) is 5.75 Å². The second kappa shape index (κ2) is 6.32. The molecular formula is C14H16F3NO3. The minimum Gasteiger partial charge on any atom is -0.484 e. The van der Waals surface area contributed by atoms with Gasteiger partial charge >= 0.3 is 12.1 Å². The standard InChI is InChI=1S/C14H16F3NO3/c1-9(19)21-12-5-3-2-4-10-11(6-7-18-13(10)12)20-8-14(15,16)17/h6-7,12H,2-5,8H2,1H3. The predicted molar refractivity (Wildman–Crippen MR) is 67.8 cm³/mol. The van der Waals surface area contributed by atoms with E-state index in [0.717, 1.165) is 12.8 Å². The lowest BCUT2D eigenvalue weighted by atomic mass is 10.1. The molecule has 2 rings (SSSR count). The Hall–Kier alpha value is -1.79. The van der Waals surface area contributed by atoms with Crippen LogP contribution < -0.4 is 4.74 Å². The second-order valence-corrected chi connectivity index (χ2v) is 4.92. The number of aromatic nitrogens is 1. The lowest BCUT2D eigenvalue weighted by molar-refractivity contribution is -0.153. The average Bonchev–Trinajstić information content (AvgIpc) is 2.58. The molecule has 1 heterocycles. The summed E-state index contributed by atoms with van der Waals surface area (Å²) >= 11 is 0. The monoisotopic (exact) mass is 303 g/mol. The molecule has 1 aromatic heterocycles. The molecule has 0 aliphatic heterocycles. The van der Waals surface area contributed by atoms with E-state index in [2.05, 4.69) is 4.98 Å². The van der Waals surface area contributed by atoms with Gasteiger partial charge in [0, 0.05) is 18.7 Å². The summed E-state index contributed by atoms with van der Waals surface area (Å²) in [6, 6.07) is 1.42. The fourth-order valence-electron chi connectivity index (χ4n) is 2.40. The highest BCUT2D eigenvalue weighted by Crippen LogP contribution is 2.35. The van der Waals surface area contributed by atoms with E-state index in [4.69, 9.17) is 9.47 Å². The van der Waals surface area contributed by atoms with Crippen molar-refractivity contribution in [2.75, 3.05) is 6.61 Å². The number of pyridine rings is 1. The Morgan fingerprint density at radius 1 is 1.43 bits per heavy atom. The maximum atomic E-state index is 12.3. The van der Waals surface area contributed by atoms with Gasteiger partial charge in [-0.25, -0.2) is 0 Å². The van der Waals surface area contributed by atoms with Crippen molar-refractivity contribution in [2.24, 2.45) is 0 Å². The Bertz CT molecular complexity index is 517. The molecule has 1 aliphatic carbocycles. The van der Waals surface area contributed by atoms with Crippen LogP contribution in [0.1, 0.15) is 43.5 Å². The van der Waals surface area contributed by atoms with Crippen LogP contribution in [0.2, 0.25) is 0 Å². The molecule has 1 aliphatic rings. The van der Waals surface area contributed by atoms with E-state index in [1.54, 1.807) is 0 Å². The SMILES string of the molecule is CC(=O)OC1CCCCc2c(OCC(F)(F)F)ccnc21. The highest BCUT2D eigenvalue weighted by Gasteiger charge is 2.30. The average molecular weight is 303 g/mol. The lowest BCUT2D eigenvalue weighted by Gasteiger charge is -2.19. The number of hydrogen-bond donors (Lipinski definition) is 0. The predicted octanol–water partition coefficient (Wildman–Crippen LogP) is 3.35. The van der Waals surface area contributed by atoms with Gasteiger partial charge in [0.2, 0.25) is 0 Å². The minimum atomic E-state index is -4.39. The molecule has 1 unspecified atom stereocenters. The summed E-state index contributed by atoms with van der Waals surface area (Å²) in [5, 5.41) is 0. The molecule has 0 fully saturated rings. The molecule has 0 radical (unpaired) electrons. The first kappa shape index (κ1) is 15.6. The third-order valence-corrected chi connectivity index (χ3v) is 3.19. The van der Waals surface area contributed by atoms with Gasteiger partial charge in [-0.3, -0.25) is 9.78 Å². The Morgan fingerprint density at radius 3 is 2.86 bits per heavy atom. The van der Waals surface area contributed by atoms with Crippen LogP contribution >= 0.6 is 0 Å². The third-order valence-electron chi connectivity index (χ3n) is 3.19. The van der Waals surface area contributed by atoms with Crippen LogP contribution in [0, 0.1) is 0 Å². The molecular weight excluding hydrogens is 287 g/mol. The van der Waals surface area contributed by atoms with Gasteiger partial charge < -0.3 is 9.47 Å². The number of carbonyl (C=O) groups is 1. The molecule has 0 aromatic carbocycles. The number of ether oxygens (including phenoxy) is 2. The first-order valence-electron chi connectivity index (χ1n) is 6.71. The van der Waals surface area contributed by atoms with E-state index in [9.17, 15) is 18.0 Å². The van der Waals surface area contributed by atoms with Crippen LogP contribution in [0.5, 0.6) is 5.75 Å². The number of esters is 1. The summed E-state index contributed by atoms with van der Waals surface area (Å²) in [5.41, 5.74) is 1.10. The number of hydrogen-bond acceptors (Lipinski definition) is 4. The van der Waals surface area contributed by atoms with Crippen LogP contribution in [0.3, 0.4) is 0 Å². The Balaban J connectivity index is 2.27. The minimum absolute atomic E-state index is 0.163. The van der Waals surface area contributed by atoms with Gasteiger partial charge in [0.25, 0.3) is 0 Å². The molecule has 7 heteroatoms. The maximum Gasteiger partial charge on any atom is 0.422 e. The number of carbonyl (C=O) groups excluding carboxylic acids is 1. The zero-order valence-electron chi connectivity index (χ0n) is 11.6. The van der Waals surface area contributed by atoms with Crippen molar-refractivity contribution < 1.29 is 27.4 Å². The molecule has 0 N–H and O–H groups in total. The summed E-state index contributed by atoms with van der Waals surface area (Å²) in [6.07, 6.45) is -0.750. The molecule has 116 valence electrons. The molecule has 0 bridgehead atoms. The maximum absolute atomic E-state index is 12.3. The highest BCUT2D eigenvalue weighted by molar-refractivity contribution is 5.66. The molecule has 1 atom stereocenters. The number of fused-ring (bicyclic) bond motifs is 1. The molecule has 1 aromatic rings. The largest absolute Gasteiger partial charge is 0.484 e. The number of rotatable bonds is 3. The molecule has 0 saturated carbocycles. The Labute approximate surface area is 120 Å². The van der Waals surface area contributed by atoms with Crippen LogP contribution in [-0.4, -0.2) is 23.7 Å². The first-order chi connectivity index (χ1) is 9.87. The van der Waals surface area contributed by atoms with E-state index in [0.29, 0.717) is 24.1 Å². The Morgan fingerprint density at radius 2 is 2.19 bits per heavy atom. The van der Waals surface area contributed by atoms with Crippen LogP contribution in [-0.2, 0) is 16.0 Å². The smallest absolute Gasteiger partial charge is 0.422 e. The van der Waals surface area contributed by atoms with Gasteiger partial charge in [-0.15, -0.1) is 0 Å². The Kier molecular flexibility index (Phi) is 4.69. The van der Waals surface area contributed by atoms with Crippen molar-refractivity contribution in [1.82, 2.24) is 4.98 Å². The zero-order chi connectivity index (χ0) is 15.5. The zero-order valence-corrected chi connectivity index (χ0v) is 11.6. The fourth-order valence-corrected chi connectivity index (χ4v) is 2.40. The lowest BCUT2D eigenvalue weighted by Crippen LogP contribution is -2.20. The summed E-state index contributed by atoms with van der Waals surface area (Å²) in [4.78, 5) is 15.3. The number of halogens is 3. The van der Waals surface area contributed by atoms with E-state index >= 15 is 0 Å². The van der Waals surface area contributed by atoms with Crippen LogP contribution in [0.25, 0.3) is 0 Å². The molecule has 0 saturated heterocycles. The first-order valence-corrected chi connectivity index (χ1v) is 6.71. The molecule has 0 amide bonds. The van der Waals surface area contributed by atoms with E-state index in [1.807, 2.05) is 0 Å². The molecule has 0 spiro atoms. The highest BCUT2D eigenvalue weighted by atomic mass is 19.4.